The predicted octanol–water partition coefficient (Wildman–Crippen LogP) is 4.33. The summed E-state index contributed by atoms with van der Waals surface area (Å²) >= 11 is 3.63. The molecule has 0 spiro atoms. The summed E-state index contributed by atoms with van der Waals surface area (Å²) in [6, 6.07) is 7.41. The third kappa shape index (κ3) is 3.73. The second kappa shape index (κ2) is 7.30. The summed E-state index contributed by atoms with van der Waals surface area (Å²) in [6.45, 7) is 7.66. The average Bonchev–Trinajstić information content (AvgIpc) is 2.46. The third-order valence-electron chi connectivity index (χ3n) is 4.02. The molecule has 1 saturated heterocycles. The van der Waals surface area contributed by atoms with E-state index in [1.807, 2.05) is 0 Å². The van der Waals surface area contributed by atoms with Crippen LogP contribution in [0.4, 0.5) is 5.69 Å². The Hall–Kier alpha value is -0.540. The van der Waals surface area contributed by atoms with Crippen LogP contribution in [0.3, 0.4) is 0 Å². The van der Waals surface area contributed by atoms with Crippen LogP contribution in [-0.2, 0) is 6.54 Å². The highest BCUT2D eigenvalue weighted by molar-refractivity contribution is 9.10. The van der Waals surface area contributed by atoms with Crippen LogP contribution in [-0.4, -0.2) is 19.1 Å². The van der Waals surface area contributed by atoms with Gasteiger partial charge in [0.2, 0.25) is 0 Å². The second-order valence-electron chi connectivity index (χ2n) is 5.30. The van der Waals surface area contributed by atoms with E-state index in [2.05, 4.69) is 58.2 Å². The number of benzene rings is 1. The number of hydrogen-bond donors (Lipinski definition) is 1. The van der Waals surface area contributed by atoms with Crippen molar-refractivity contribution in [2.24, 2.45) is 0 Å². The van der Waals surface area contributed by atoms with E-state index < -0.39 is 0 Å². The van der Waals surface area contributed by atoms with Crippen LogP contribution in [0, 0.1) is 0 Å². The van der Waals surface area contributed by atoms with Gasteiger partial charge in [0, 0.05) is 29.3 Å². The van der Waals surface area contributed by atoms with Crippen molar-refractivity contribution in [1.29, 1.82) is 0 Å². The molecule has 1 aliphatic rings. The molecule has 106 valence electrons. The highest BCUT2D eigenvalue weighted by Gasteiger charge is 2.22. The summed E-state index contributed by atoms with van der Waals surface area (Å²) in [5.41, 5.74) is 2.84. The van der Waals surface area contributed by atoms with Crippen molar-refractivity contribution in [2.45, 2.75) is 52.1 Å². The minimum Gasteiger partial charge on any atom is -0.368 e. The van der Waals surface area contributed by atoms with Crippen molar-refractivity contribution in [3.05, 3.63) is 28.2 Å². The molecule has 0 bridgehead atoms. The van der Waals surface area contributed by atoms with Crippen molar-refractivity contribution >= 4 is 21.6 Å². The van der Waals surface area contributed by atoms with Crippen molar-refractivity contribution in [3.8, 4) is 0 Å². The number of nitrogens with one attached hydrogen (secondary N) is 1. The summed E-state index contributed by atoms with van der Waals surface area (Å²) in [7, 11) is 0. The van der Waals surface area contributed by atoms with E-state index >= 15 is 0 Å². The van der Waals surface area contributed by atoms with Gasteiger partial charge in [0.25, 0.3) is 0 Å². The summed E-state index contributed by atoms with van der Waals surface area (Å²) < 4.78 is 1.18. The Balaban J connectivity index is 2.26. The summed E-state index contributed by atoms with van der Waals surface area (Å²) in [4.78, 5) is 2.63. The second-order valence-corrected chi connectivity index (χ2v) is 6.22. The van der Waals surface area contributed by atoms with Crippen molar-refractivity contribution in [3.63, 3.8) is 0 Å². The first-order chi connectivity index (χ1) is 9.26. The van der Waals surface area contributed by atoms with Crippen LogP contribution in [0.25, 0.3) is 0 Å². The van der Waals surface area contributed by atoms with Gasteiger partial charge in [0.05, 0.1) is 0 Å². The van der Waals surface area contributed by atoms with E-state index in [9.17, 15) is 0 Å². The Labute approximate surface area is 125 Å². The maximum atomic E-state index is 3.63. The molecule has 1 heterocycles. The van der Waals surface area contributed by atoms with E-state index in [-0.39, 0.29) is 0 Å². The molecule has 19 heavy (non-hydrogen) atoms. The molecule has 1 aromatic carbocycles. The fourth-order valence-electron chi connectivity index (χ4n) is 2.96. The zero-order valence-electron chi connectivity index (χ0n) is 12.1. The fourth-order valence-corrected chi connectivity index (χ4v) is 3.30. The number of halogens is 1. The van der Waals surface area contributed by atoms with E-state index in [4.69, 9.17) is 0 Å². The molecule has 1 unspecified atom stereocenters. The average molecular weight is 325 g/mol. The standard InChI is InChI=1S/C16H25BrN2/c1-3-15-7-5-6-10-19(15)16-11-14(17)9-8-13(16)12-18-4-2/h8-9,11,15,18H,3-7,10,12H2,1-2H3. The highest BCUT2D eigenvalue weighted by atomic mass is 79.9. The van der Waals surface area contributed by atoms with Crippen LogP contribution >= 0.6 is 15.9 Å². The molecule has 1 aliphatic heterocycles. The van der Waals surface area contributed by atoms with Gasteiger partial charge in [-0.2, -0.15) is 0 Å². The molecule has 1 atom stereocenters. The van der Waals surface area contributed by atoms with E-state index in [0.717, 1.165) is 13.1 Å². The van der Waals surface area contributed by atoms with Gasteiger partial charge in [-0.25, -0.2) is 0 Å². The third-order valence-corrected chi connectivity index (χ3v) is 4.51. The molecule has 0 amide bonds. The Morgan fingerprint density at radius 3 is 2.89 bits per heavy atom. The number of hydrogen-bond acceptors (Lipinski definition) is 2. The highest BCUT2D eigenvalue weighted by Crippen LogP contribution is 2.31. The van der Waals surface area contributed by atoms with Gasteiger partial charge in [0.1, 0.15) is 0 Å². The van der Waals surface area contributed by atoms with Crippen LogP contribution in [0.5, 0.6) is 0 Å². The molecule has 1 N–H and O–H groups in total. The molecular weight excluding hydrogens is 300 g/mol. The van der Waals surface area contributed by atoms with Crippen LogP contribution in [0.2, 0.25) is 0 Å². The first-order valence-electron chi connectivity index (χ1n) is 7.52. The molecule has 3 heteroatoms. The van der Waals surface area contributed by atoms with E-state index in [1.165, 1.54) is 48.0 Å². The Morgan fingerprint density at radius 2 is 2.16 bits per heavy atom. The summed E-state index contributed by atoms with van der Waals surface area (Å²) in [6.07, 6.45) is 5.28. The lowest BCUT2D eigenvalue weighted by Gasteiger charge is -2.38. The first-order valence-corrected chi connectivity index (χ1v) is 8.31. The lowest BCUT2D eigenvalue weighted by Crippen LogP contribution is -2.40. The monoisotopic (exact) mass is 324 g/mol. The van der Waals surface area contributed by atoms with Gasteiger partial charge in [-0.1, -0.05) is 35.8 Å². The van der Waals surface area contributed by atoms with Gasteiger partial charge in [-0.3, -0.25) is 0 Å². The maximum Gasteiger partial charge on any atom is 0.0425 e. The van der Waals surface area contributed by atoms with Gasteiger partial charge in [-0.15, -0.1) is 0 Å². The normalized spacial score (nSPS) is 19.7. The minimum absolute atomic E-state index is 0.712. The minimum atomic E-state index is 0.712. The zero-order valence-corrected chi connectivity index (χ0v) is 13.7. The van der Waals surface area contributed by atoms with E-state index in [0.29, 0.717) is 6.04 Å². The molecule has 2 rings (SSSR count). The number of nitrogens with zero attached hydrogens (tertiary/aromatic N) is 1. The van der Waals surface area contributed by atoms with Crippen molar-refractivity contribution in [2.75, 3.05) is 18.0 Å². The molecule has 0 aromatic heterocycles. The predicted molar refractivity (Wildman–Crippen MR) is 86.8 cm³/mol. The Kier molecular flexibility index (Phi) is 5.71. The largest absolute Gasteiger partial charge is 0.368 e. The molecular formula is C16H25BrN2. The summed E-state index contributed by atoms with van der Waals surface area (Å²) in [5.74, 6) is 0. The van der Waals surface area contributed by atoms with Gasteiger partial charge >= 0.3 is 0 Å². The molecule has 2 nitrogen and oxygen atoms in total. The summed E-state index contributed by atoms with van der Waals surface area (Å²) in [5, 5.41) is 3.45. The maximum absolute atomic E-state index is 3.63. The van der Waals surface area contributed by atoms with E-state index in [1.54, 1.807) is 0 Å². The van der Waals surface area contributed by atoms with Crippen molar-refractivity contribution in [1.82, 2.24) is 5.32 Å². The van der Waals surface area contributed by atoms with Gasteiger partial charge in [0.15, 0.2) is 0 Å². The van der Waals surface area contributed by atoms with Gasteiger partial charge in [-0.05, 0) is 49.9 Å². The molecule has 0 aliphatic carbocycles. The van der Waals surface area contributed by atoms with Crippen molar-refractivity contribution < 1.29 is 0 Å². The van der Waals surface area contributed by atoms with Gasteiger partial charge < -0.3 is 10.2 Å². The SMILES string of the molecule is CCNCc1ccc(Br)cc1N1CCCCC1CC. The molecule has 0 saturated carbocycles. The van der Waals surface area contributed by atoms with Crippen LogP contribution in [0.1, 0.15) is 45.1 Å². The number of anilines is 1. The molecule has 0 radical (unpaired) electrons. The van der Waals surface area contributed by atoms with Crippen LogP contribution in [0.15, 0.2) is 22.7 Å². The number of rotatable bonds is 5. The molecule has 1 aromatic rings. The topological polar surface area (TPSA) is 15.3 Å². The quantitative estimate of drug-likeness (QED) is 0.867. The lowest BCUT2D eigenvalue weighted by atomic mass is 9.98. The molecule has 1 fully saturated rings. The number of piperidine rings is 1. The Bertz CT molecular complexity index is 406. The zero-order chi connectivity index (χ0) is 13.7. The Morgan fingerprint density at radius 1 is 1.32 bits per heavy atom. The lowest BCUT2D eigenvalue weighted by molar-refractivity contribution is 0.448. The first kappa shape index (κ1) is 14.9. The smallest absolute Gasteiger partial charge is 0.0425 e. The fraction of sp³-hybridized carbons (Fsp3) is 0.625. The van der Waals surface area contributed by atoms with Crippen LogP contribution < -0.4 is 10.2 Å².